The fourth-order valence-corrected chi connectivity index (χ4v) is 3.34. The molecule has 1 saturated carbocycles. The molecule has 0 bridgehead atoms. The molecule has 0 amide bonds. The Kier molecular flexibility index (Phi) is 7.01. The number of hydrogen-bond acceptors (Lipinski definition) is 3. The zero-order valence-corrected chi connectivity index (χ0v) is 16.9. The zero-order chi connectivity index (χ0) is 16.1. The van der Waals surface area contributed by atoms with E-state index in [-0.39, 0.29) is 24.0 Å². The molecule has 0 unspecified atom stereocenters. The summed E-state index contributed by atoms with van der Waals surface area (Å²) in [5.41, 5.74) is 1.66. The Morgan fingerprint density at radius 1 is 1.17 bits per heavy atom. The smallest absolute Gasteiger partial charge is 0.231 e. The highest BCUT2D eigenvalue weighted by Crippen LogP contribution is 2.36. The first-order chi connectivity index (χ1) is 11.2. The lowest BCUT2D eigenvalue weighted by Crippen LogP contribution is -2.42. The molecular formula is C18H28IN3O2. The minimum absolute atomic E-state index is 0. The molecule has 3 rings (SSSR count). The number of hydrogen-bond donors (Lipinski definition) is 2. The van der Waals surface area contributed by atoms with Gasteiger partial charge in [-0.05, 0) is 42.4 Å². The van der Waals surface area contributed by atoms with Crippen LogP contribution in [0.25, 0.3) is 0 Å². The summed E-state index contributed by atoms with van der Waals surface area (Å²) in [6, 6.07) is 6.12. The first-order valence-corrected chi connectivity index (χ1v) is 8.52. The molecule has 0 aromatic heterocycles. The van der Waals surface area contributed by atoms with Crippen LogP contribution in [0.2, 0.25) is 0 Å². The average Bonchev–Trinajstić information content (AvgIpc) is 3.19. The van der Waals surface area contributed by atoms with Crippen molar-refractivity contribution in [2.45, 2.75) is 39.0 Å². The third kappa shape index (κ3) is 4.91. The largest absolute Gasteiger partial charge is 0.454 e. The Hall–Kier alpha value is -1.18. The van der Waals surface area contributed by atoms with E-state index in [2.05, 4.69) is 34.7 Å². The summed E-state index contributed by atoms with van der Waals surface area (Å²) in [4.78, 5) is 4.32. The van der Waals surface area contributed by atoms with Crippen LogP contribution in [0, 0.1) is 5.41 Å². The van der Waals surface area contributed by atoms with Crippen LogP contribution in [0.4, 0.5) is 0 Å². The number of rotatable bonds is 5. The van der Waals surface area contributed by atoms with Crippen molar-refractivity contribution in [1.82, 2.24) is 10.6 Å². The number of benzene rings is 1. The first-order valence-electron chi connectivity index (χ1n) is 8.52. The summed E-state index contributed by atoms with van der Waals surface area (Å²) in [6.45, 7) is 4.53. The van der Waals surface area contributed by atoms with Gasteiger partial charge >= 0.3 is 0 Å². The number of aliphatic imine (C=N–C) groups is 1. The van der Waals surface area contributed by atoms with Gasteiger partial charge in [0.15, 0.2) is 17.5 Å². The predicted molar refractivity (Wildman–Crippen MR) is 108 cm³/mol. The van der Waals surface area contributed by atoms with Gasteiger partial charge in [0.2, 0.25) is 6.79 Å². The van der Waals surface area contributed by atoms with Gasteiger partial charge in [0, 0.05) is 20.1 Å². The molecule has 2 aliphatic rings. The zero-order valence-electron chi connectivity index (χ0n) is 14.6. The summed E-state index contributed by atoms with van der Waals surface area (Å²) in [7, 11) is 1.83. The molecule has 134 valence electrons. The highest BCUT2D eigenvalue weighted by molar-refractivity contribution is 14.0. The van der Waals surface area contributed by atoms with Gasteiger partial charge in [0.05, 0.1) is 0 Å². The Labute approximate surface area is 161 Å². The van der Waals surface area contributed by atoms with Crippen molar-refractivity contribution in [2.24, 2.45) is 10.4 Å². The van der Waals surface area contributed by atoms with Gasteiger partial charge in [0.25, 0.3) is 0 Å². The topological polar surface area (TPSA) is 54.9 Å². The third-order valence-electron chi connectivity index (χ3n) is 4.86. The summed E-state index contributed by atoms with van der Waals surface area (Å²) in [6.07, 6.45) is 6.26. The van der Waals surface area contributed by atoms with Crippen molar-refractivity contribution < 1.29 is 9.47 Å². The summed E-state index contributed by atoms with van der Waals surface area (Å²) >= 11 is 0. The number of guanidine groups is 1. The summed E-state index contributed by atoms with van der Waals surface area (Å²) in [5, 5.41) is 6.87. The van der Waals surface area contributed by atoms with Crippen LogP contribution in [0.15, 0.2) is 23.2 Å². The number of ether oxygens (including phenoxy) is 2. The van der Waals surface area contributed by atoms with Crippen molar-refractivity contribution in [2.75, 3.05) is 26.9 Å². The molecular weight excluding hydrogens is 417 g/mol. The molecule has 24 heavy (non-hydrogen) atoms. The Morgan fingerprint density at radius 2 is 1.92 bits per heavy atom. The van der Waals surface area contributed by atoms with Crippen LogP contribution in [-0.2, 0) is 6.42 Å². The maximum Gasteiger partial charge on any atom is 0.231 e. The Morgan fingerprint density at radius 3 is 2.67 bits per heavy atom. The van der Waals surface area contributed by atoms with Crippen molar-refractivity contribution in [3.05, 3.63) is 23.8 Å². The average molecular weight is 445 g/mol. The molecule has 1 heterocycles. The number of nitrogens with one attached hydrogen (secondary N) is 2. The molecule has 0 atom stereocenters. The van der Waals surface area contributed by atoms with Crippen LogP contribution in [0.1, 0.15) is 38.2 Å². The van der Waals surface area contributed by atoms with Crippen molar-refractivity contribution in [3.63, 3.8) is 0 Å². The lowest BCUT2D eigenvalue weighted by molar-refractivity contribution is 0.174. The Bertz CT molecular complexity index is 571. The normalized spacial score (nSPS) is 18.2. The molecule has 1 aromatic carbocycles. The van der Waals surface area contributed by atoms with Gasteiger partial charge in [-0.3, -0.25) is 4.99 Å². The lowest BCUT2D eigenvalue weighted by atomic mass is 9.89. The third-order valence-corrected chi connectivity index (χ3v) is 4.86. The minimum Gasteiger partial charge on any atom is -0.454 e. The van der Waals surface area contributed by atoms with Crippen LogP contribution in [0.5, 0.6) is 11.5 Å². The van der Waals surface area contributed by atoms with Crippen LogP contribution in [-0.4, -0.2) is 32.9 Å². The van der Waals surface area contributed by atoms with Crippen LogP contribution in [0.3, 0.4) is 0 Å². The van der Waals surface area contributed by atoms with Gasteiger partial charge in [-0.25, -0.2) is 0 Å². The molecule has 0 saturated heterocycles. The van der Waals surface area contributed by atoms with Crippen molar-refractivity contribution in [1.29, 1.82) is 0 Å². The van der Waals surface area contributed by atoms with Crippen molar-refractivity contribution >= 4 is 29.9 Å². The Balaban J connectivity index is 0.00000208. The van der Waals surface area contributed by atoms with Gasteiger partial charge in [-0.1, -0.05) is 25.8 Å². The fourth-order valence-electron chi connectivity index (χ4n) is 3.34. The highest BCUT2D eigenvalue weighted by atomic mass is 127. The van der Waals surface area contributed by atoms with Crippen LogP contribution >= 0.6 is 24.0 Å². The van der Waals surface area contributed by atoms with E-state index in [0.717, 1.165) is 37.0 Å². The maximum absolute atomic E-state index is 5.42. The van der Waals surface area contributed by atoms with Gasteiger partial charge in [-0.2, -0.15) is 0 Å². The van der Waals surface area contributed by atoms with E-state index in [1.54, 1.807) is 0 Å². The SMILES string of the molecule is CN=C(NCCc1ccc2c(c1)OCO2)NCC1(C)CCCC1.I. The van der Waals surface area contributed by atoms with Gasteiger partial charge < -0.3 is 20.1 Å². The first kappa shape index (κ1) is 19.1. The maximum atomic E-state index is 5.42. The summed E-state index contributed by atoms with van der Waals surface area (Å²) in [5.74, 6) is 2.57. The molecule has 0 spiro atoms. The van der Waals surface area contributed by atoms with E-state index in [0.29, 0.717) is 12.2 Å². The number of halogens is 1. The molecule has 1 aliphatic heterocycles. The van der Waals surface area contributed by atoms with E-state index in [9.17, 15) is 0 Å². The van der Waals surface area contributed by atoms with Gasteiger partial charge in [0.1, 0.15) is 0 Å². The second-order valence-corrected chi connectivity index (χ2v) is 6.81. The second-order valence-electron chi connectivity index (χ2n) is 6.81. The molecule has 6 heteroatoms. The van der Waals surface area contributed by atoms with Gasteiger partial charge in [-0.15, -0.1) is 24.0 Å². The molecule has 1 aromatic rings. The number of fused-ring (bicyclic) bond motifs is 1. The van der Waals surface area contributed by atoms with Crippen molar-refractivity contribution in [3.8, 4) is 11.5 Å². The predicted octanol–water partition coefficient (Wildman–Crippen LogP) is 3.32. The standard InChI is InChI=1S/C18H27N3O2.HI/c1-18(8-3-4-9-18)12-21-17(19-2)20-10-7-14-5-6-15-16(11-14)23-13-22-15;/h5-6,11H,3-4,7-10,12-13H2,1-2H3,(H2,19,20,21);1H. The van der Waals surface area contributed by atoms with E-state index in [1.807, 2.05) is 13.1 Å². The molecule has 0 radical (unpaired) electrons. The number of nitrogens with zero attached hydrogens (tertiary/aromatic N) is 1. The monoisotopic (exact) mass is 445 g/mol. The summed E-state index contributed by atoms with van der Waals surface area (Å²) < 4.78 is 10.8. The van der Waals surface area contributed by atoms with E-state index < -0.39 is 0 Å². The van der Waals surface area contributed by atoms with Crippen LogP contribution < -0.4 is 20.1 Å². The van der Waals surface area contributed by atoms with E-state index in [1.165, 1.54) is 31.2 Å². The fraction of sp³-hybridized carbons (Fsp3) is 0.611. The van der Waals surface area contributed by atoms with E-state index in [4.69, 9.17) is 9.47 Å². The second kappa shape index (κ2) is 8.78. The highest BCUT2D eigenvalue weighted by Gasteiger charge is 2.28. The minimum atomic E-state index is 0. The molecule has 1 fully saturated rings. The molecule has 5 nitrogen and oxygen atoms in total. The lowest BCUT2D eigenvalue weighted by Gasteiger charge is -2.25. The quantitative estimate of drug-likeness (QED) is 0.415. The van der Waals surface area contributed by atoms with E-state index >= 15 is 0 Å². The molecule has 1 aliphatic carbocycles. The molecule has 2 N–H and O–H groups in total.